The first-order valence-corrected chi connectivity index (χ1v) is 8.16. The van der Waals surface area contributed by atoms with Gasteiger partial charge < -0.3 is 14.4 Å². The van der Waals surface area contributed by atoms with Gasteiger partial charge in [-0.3, -0.25) is 4.79 Å². The van der Waals surface area contributed by atoms with Gasteiger partial charge in [0.2, 0.25) is 11.7 Å². The number of amides is 1. The molecule has 1 aliphatic rings. The number of carbonyl (C=O) groups is 1. The van der Waals surface area contributed by atoms with E-state index in [9.17, 15) is 4.79 Å². The van der Waals surface area contributed by atoms with E-state index in [1.807, 2.05) is 36.4 Å². The third kappa shape index (κ3) is 4.71. The van der Waals surface area contributed by atoms with Gasteiger partial charge >= 0.3 is 0 Å². The van der Waals surface area contributed by atoms with Crippen LogP contribution in [0.25, 0.3) is 6.08 Å². The van der Waals surface area contributed by atoms with Crippen LogP contribution >= 0.6 is 0 Å². The Bertz CT molecular complexity index is 716. The lowest BCUT2D eigenvalue weighted by Gasteiger charge is -2.30. The molecule has 1 unspecified atom stereocenters. The average molecular weight is 343 g/mol. The van der Waals surface area contributed by atoms with Gasteiger partial charge in [0.1, 0.15) is 6.10 Å². The molecule has 0 N–H and O–H groups in total. The molecule has 0 bridgehead atoms. The number of rotatable bonds is 6. The van der Waals surface area contributed by atoms with Gasteiger partial charge in [-0.05, 0) is 16.9 Å². The Kier molecular flexibility index (Phi) is 5.86. The minimum absolute atomic E-state index is 0.0519. The van der Waals surface area contributed by atoms with E-state index in [1.54, 1.807) is 18.1 Å². The minimum atomic E-state index is -0.362. The first kappa shape index (κ1) is 17.2. The van der Waals surface area contributed by atoms with E-state index in [1.165, 1.54) is 4.80 Å². The first-order valence-electron chi connectivity index (χ1n) is 8.16. The third-order valence-corrected chi connectivity index (χ3v) is 3.85. The fourth-order valence-corrected chi connectivity index (χ4v) is 2.49. The second-order valence-electron chi connectivity index (χ2n) is 5.62. The second kappa shape index (κ2) is 8.50. The SMILES string of the molecule is COCCn1nnc(C2CN(C(=O)/C=C/c3ccccc3)CCO2)n1. The summed E-state index contributed by atoms with van der Waals surface area (Å²) in [5, 5.41) is 12.3. The van der Waals surface area contributed by atoms with Crippen molar-refractivity contribution in [2.24, 2.45) is 0 Å². The number of benzene rings is 1. The number of morpholine rings is 1. The molecule has 1 aromatic carbocycles. The van der Waals surface area contributed by atoms with Crippen LogP contribution in [0, 0.1) is 0 Å². The van der Waals surface area contributed by atoms with Gasteiger partial charge in [0, 0.05) is 19.7 Å². The van der Waals surface area contributed by atoms with Crippen molar-refractivity contribution in [3.8, 4) is 0 Å². The van der Waals surface area contributed by atoms with Crippen LogP contribution in [0.2, 0.25) is 0 Å². The highest BCUT2D eigenvalue weighted by molar-refractivity contribution is 5.91. The maximum atomic E-state index is 12.4. The van der Waals surface area contributed by atoms with E-state index in [0.717, 1.165) is 5.56 Å². The van der Waals surface area contributed by atoms with Crippen LogP contribution in [-0.4, -0.2) is 64.4 Å². The smallest absolute Gasteiger partial charge is 0.246 e. The summed E-state index contributed by atoms with van der Waals surface area (Å²) >= 11 is 0. The monoisotopic (exact) mass is 343 g/mol. The van der Waals surface area contributed by atoms with Crippen molar-refractivity contribution < 1.29 is 14.3 Å². The molecule has 0 saturated carbocycles. The lowest BCUT2D eigenvalue weighted by atomic mass is 10.2. The summed E-state index contributed by atoms with van der Waals surface area (Å²) in [6.45, 7) is 2.44. The number of tetrazole rings is 1. The molecule has 8 heteroatoms. The van der Waals surface area contributed by atoms with Crippen molar-refractivity contribution in [3.05, 3.63) is 47.8 Å². The number of carbonyl (C=O) groups excluding carboxylic acids is 1. The van der Waals surface area contributed by atoms with E-state index in [2.05, 4.69) is 15.4 Å². The summed E-state index contributed by atoms with van der Waals surface area (Å²) in [4.78, 5) is 15.6. The summed E-state index contributed by atoms with van der Waals surface area (Å²) in [7, 11) is 1.62. The lowest BCUT2D eigenvalue weighted by Crippen LogP contribution is -2.41. The highest BCUT2D eigenvalue weighted by Gasteiger charge is 2.27. The van der Waals surface area contributed by atoms with Crippen LogP contribution in [0.15, 0.2) is 36.4 Å². The van der Waals surface area contributed by atoms with E-state index in [-0.39, 0.29) is 12.0 Å². The van der Waals surface area contributed by atoms with Crippen molar-refractivity contribution in [2.75, 3.05) is 33.4 Å². The fourth-order valence-electron chi connectivity index (χ4n) is 2.49. The standard InChI is InChI=1S/C17H21N5O3/c1-24-11-10-22-19-17(18-20-22)15-13-21(9-12-25-15)16(23)8-7-14-5-3-2-4-6-14/h2-8,15H,9-13H2,1H3/b8-7+. The molecule has 3 rings (SSSR count). The molecule has 0 spiro atoms. The zero-order valence-corrected chi connectivity index (χ0v) is 14.1. The summed E-state index contributed by atoms with van der Waals surface area (Å²) in [5.41, 5.74) is 0.989. The van der Waals surface area contributed by atoms with Crippen molar-refractivity contribution >= 4 is 12.0 Å². The molecule has 1 aliphatic heterocycles. The van der Waals surface area contributed by atoms with Crippen LogP contribution in [-0.2, 0) is 20.8 Å². The second-order valence-corrected chi connectivity index (χ2v) is 5.62. The molecule has 1 atom stereocenters. The molecule has 132 valence electrons. The largest absolute Gasteiger partial charge is 0.383 e. The molecule has 1 amide bonds. The maximum Gasteiger partial charge on any atom is 0.246 e. The fraction of sp³-hybridized carbons (Fsp3) is 0.412. The first-order chi connectivity index (χ1) is 12.3. The van der Waals surface area contributed by atoms with Crippen LogP contribution in [0.5, 0.6) is 0 Å². The van der Waals surface area contributed by atoms with E-state index in [0.29, 0.717) is 38.7 Å². The molecule has 1 saturated heterocycles. The number of aromatic nitrogens is 4. The lowest BCUT2D eigenvalue weighted by molar-refractivity contribution is -0.134. The van der Waals surface area contributed by atoms with Gasteiger partial charge in [0.15, 0.2) is 0 Å². The molecule has 8 nitrogen and oxygen atoms in total. The molecule has 2 aromatic rings. The van der Waals surface area contributed by atoms with E-state index >= 15 is 0 Å². The maximum absolute atomic E-state index is 12.4. The molecule has 25 heavy (non-hydrogen) atoms. The Balaban J connectivity index is 1.59. The summed E-state index contributed by atoms with van der Waals surface area (Å²) in [6, 6.07) is 9.72. The van der Waals surface area contributed by atoms with Gasteiger partial charge in [-0.1, -0.05) is 30.3 Å². The number of ether oxygens (including phenoxy) is 2. The highest BCUT2D eigenvalue weighted by atomic mass is 16.5. The molecular formula is C17H21N5O3. The third-order valence-electron chi connectivity index (χ3n) is 3.85. The summed E-state index contributed by atoms with van der Waals surface area (Å²) in [5.74, 6) is 0.435. The zero-order chi connectivity index (χ0) is 17.5. The van der Waals surface area contributed by atoms with Crippen LogP contribution < -0.4 is 0 Å². The topological polar surface area (TPSA) is 82.4 Å². The Morgan fingerprint density at radius 3 is 3.04 bits per heavy atom. The van der Waals surface area contributed by atoms with Gasteiger partial charge in [-0.2, -0.15) is 4.80 Å². The predicted molar refractivity (Wildman–Crippen MR) is 90.4 cm³/mol. The minimum Gasteiger partial charge on any atom is -0.383 e. The molecule has 1 fully saturated rings. The number of hydrogen-bond donors (Lipinski definition) is 0. The molecule has 1 aromatic heterocycles. The van der Waals surface area contributed by atoms with Crippen molar-refractivity contribution in [1.29, 1.82) is 0 Å². The quantitative estimate of drug-likeness (QED) is 0.726. The molecule has 2 heterocycles. The highest BCUT2D eigenvalue weighted by Crippen LogP contribution is 2.18. The van der Waals surface area contributed by atoms with Crippen molar-refractivity contribution in [1.82, 2.24) is 25.1 Å². The average Bonchev–Trinajstić information content (AvgIpc) is 3.14. The summed E-state index contributed by atoms with van der Waals surface area (Å²) in [6.07, 6.45) is 3.03. The van der Waals surface area contributed by atoms with E-state index < -0.39 is 0 Å². The normalized spacial score (nSPS) is 18.0. The number of hydrogen-bond acceptors (Lipinski definition) is 6. The van der Waals surface area contributed by atoms with Crippen LogP contribution in [0.3, 0.4) is 0 Å². The van der Waals surface area contributed by atoms with Gasteiger partial charge in [-0.25, -0.2) is 0 Å². The summed E-state index contributed by atoms with van der Waals surface area (Å²) < 4.78 is 10.7. The molecule has 0 radical (unpaired) electrons. The van der Waals surface area contributed by atoms with Crippen molar-refractivity contribution in [2.45, 2.75) is 12.6 Å². The number of nitrogens with zero attached hydrogens (tertiary/aromatic N) is 5. The Morgan fingerprint density at radius 1 is 1.40 bits per heavy atom. The van der Waals surface area contributed by atoms with E-state index in [4.69, 9.17) is 9.47 Å². The van der Waals surface area contributed by atoms with Gasteiger partial charge in [-0.15, -0.1) is 10.2 Å². The van der Waals surface area contributed by atoms with Crippen molar-refractivity contribution in [3.63, 3.8) is 0 Å². The predicted octanol–water partition coefficient (Wildman–Crippen LogP) is 0.933. The molecule has 0 aliphatic carbocycles. The van der Waals surface area contributed by atoms with Crippen LogP contribution in [0.1, 0.15) is 17.5 Å². The Labute approximate surface area is 146 Å². The zero-order valence-electron chi connectivity index (χ0n) is 14.1. The molecular weight excluding hydrogens is 322 g/mol. The Hall–Kier alpha value is -2.58. The number of methoxy groups -OCH3 is 1. The van der Waals surface area contributed by atoms with Crippen LogP contribution in [0.4, 0.5) is 0 Å². The van der Waals surface area contributed by atoms with Gasteiger partial charge in [0.05, 0.1) is 26.3 Å². The van der Waals surface area contributed by atoms with Gasteiger partial charge in [0.25, 0.3) is 0 Å². The Morgan fingerprint density at radius 2 is 2.24 bits per heavy atom.